The first kappa shape index (κ1) is 14.4. The van der Waals surface area contributed by atoms with E-state index in [1.54, 1.807) is 0 Å². The molecule has 4 heteroatoms. The van der Waals surface area contributed by atoms with Crippen molar-refractivity contribution < 1.29 is 9.53 Å². The fraction of sp³-hybridized carbons (Fsp3) is 0.909. The summed E-state index contributed by atoms with van der Waals surface area (Å²) in [5, 5.41) is 2.82. The second-order valence-electron chi connectivity index (χ2n) is 4.21. The average molecular weight is 216 g/mol. The summed E-state index contributed by atoms with van der Waals surface area (Å²) in [6.07, 6.45) is 0. The summed E-state index contributed by atoms with van der Waals surface area (Å²) in [6.45, 7) is 10.4. The topological polar surface area (TPSA) is 41.6 Å². The Hall–Kier alpha value is -0.610. The number of carbonyl (C=O) groups is 1. The molecule has 0 unspecified atom stereocenters. The van der Waals surface area contributed by atoms with Crippen molar-refractivity contribution in [3.63, 3.8) is 0 Å². The Morgan fingerprint density at radius 2 is 1.80 bits per heavy atom. The van der Waals surface area contributed by atoms with Crippen LogP contribution < -0.4 is 5.32 Å². The van der Waals surface area contributed by atoms with Gasteiger partial charge in [-0.1, -0.05) is 0 Å². The normalized spacial score (nSPS) is 11.5. The number of nitrogens with one attached hydrogen (secondary N) is 1. The lowest BCUT2D eigenvalue weighted by Crippen LogP contribution is -2.43. The van der Waals surface area contributed by atoms with E-state index in [-0.39, 0.29) is 12.5 Å². The summed E-state index contributed by atoms with van der Waals surface area (Å²) in [7, 11) is 1.52. The monoisotopic (exact) mass is 216 g/mol. The van der Waals surface area contributed by atoms with Crippen LogP contribution in [0.2, 0.25) is 0 Å². The van der Waals surface area contributed by atoms with Crippen LogP contribution in [-0.4, -0.2) is 49.7 Å². The molecule has 0 heterocycles. The van der Waals surface area contributed by atoms with Crippen molar-refractivity contribution >= 4 is 5.91 Å². The van der Waals surface area contributed by atoms with E-state index in [1.165, 1.54) is 7.11 Å². The van der Waals surface area contributed by atoms with Crippen LogP contribution in [0.5, 0.6) is 0 Å². The van der Waals surface area contributed by atoms with Gasteiger partial charge in [0.15, 0.2) is 0 Å². The van der Waals surface area contributed by atoms with Crippen LogP contribution in [0.4, 0.5) is 0 Å². The second kappa shape index (κ2) is 7.65. The fourth-order valence-electron chi connectivity index (χ4n) is 1.62. The van der Waals surface area contributed by atoms with Gasteiger partial charge in [-0.25, -0.2) is 0 Å². The molecule has 0 saturated carbocycles. The zero-order valence-electron chi connectivity index (χ0n) is 10.5. The number of methoxy groups -OCH3 is 1. The molecule has 0 atom stereocenters. The highest BCUT2D eigenvalue weighted by molar-refractivity contribution is 5.77. The van der Waals surface area contributed by atoms with Gasteiger partial charge in [-0.2, -0.15) is 0 Å². The zero-order valence-corrected chi connectivity index (χ0v) is 10.5. The van der Waals surface area contributed by atoms with Crippen molar-refractivity contribution in [2.24, 2.45) is 0 Å². The van der Waals surface area contributed by atoms with E-state index >= 15 is 0 Å². The molecule has 0 spiro atoms. The lowest BCUT2D eigenvalue weighted by molar-refractivity contribution is -0.124. The summed E-state index contributed by atoms with van der Waals surface area (Å²) in [5.41, 5.74) is 0. The molecule has 0 aliphatic rings. The molecule has 90 valence electrons. The van der Waals surface area contributed by atoms with Crippen LogP contribution in [0.1, 0.15) is 27.7 Å². The van der Waals surface area contributed by atoms with Crippen molar-refractivity contribution in [2.45, 2.75) is 39.8 Å². The average Bonchev–Trinajstić information content (AvgIpc) is 2.11. The number of rotatable bonds is 7. The van der Waals surface area contributed by atoms with Gasteiger partial charge in [0.25, 0.3) is 0 Å². The van der Waals surface area contributed by atoms with E-state index in [0.29, 0.717) is 18.6 Å². The van der Waals surface area contributed by atoms with Crippen LogP contribution in [-0.2, 0) is 9.53 Å². The lowest BCUT2D eigenvalue weighted by atomic mass is 10.2. The highest BCUT2D eigenvalue weighted by Crippen LogP contribution is 2.02. The van der Waals surface area contributed by atoms with Crippen molar-refractivity contribution in [2.75, 3.05) is 26.8 Å². The van der Waals surface area contributed by atoms with Crippen molar-refractivity contribution in [1.82, 2.24) is 10.2 Å². The summed E-state index contributed by atoms with van der Waals surface area (Å²) in [4.78, 5) is 13.4. The molecule has 0 aliphatic carbocycles. The molecule has 4 nitrogen and oxygen atoms in total. The molecule has 0 bridgehead atoms. The molecule has 15 heavy (non-hydrogen) atoms. The smallest absolute Gasteiger partial charge is 0.246 e. The predicted molar refractivity (Wildman–Crippen MR) is 61.9 cm³/mol. The number of ether oxygens (including phenoxy) is 1. The molecule has 0 radical (unpaired) electrons. The molecular weight excluding hydrogens is 192 g/mol. The van der Waals surface area contributed by atoms with Crippen molar-refractivity contribution in [1.29, 1.82) is 0 Å². The molecule has 0 saturated heterocycles. The highest BCUT2D eigenvalue weighted by Gasteiger charge is 2.12. The number of hydrogen-bond acceptors (Lipinski definition) is 3. The summed E-state index contributed by atoms with van der Waals surface area (Å²) >= 11 is 0. The van der Waals surface area contributed by atoms with Crippen LogP contribution >= 0.6 is 0 Å². The van der Waals surface area contributed by atoms with Crippen molar-refractivity contribution in [3.05, 3.63) is 0 Å². The Balaban J connectivity index is 3.76. The lowest BCUT2D eigenvalue weighted by Gasteiger charge is -2.30. The molecule has 0 rings (SSSR count). The van der Waals surface area contributed by atoms with Crippen LogP contribution in [0.25, 0.3) is 0 Å². The molecular formula is C11H24N2O2. The molecule has 0 aromatic heterocycles. The zero-order chi connectivity index (χ0) is 11.8. The number of nitrogens with zero attached hydrogens (tertiary/aromatic N) is 1. The molecule has 0 aromatic rings. The van der Waals surface area contributed by atoms with Gasteiger partial charge in [0.2, 0.25) is 5.91 Å². The third-order valence-electron chi connectivity index (χ3n) is 2.29. The van der Waals surface area contributed by atoms with Gasteiger partial charge in [0.05, 0.1) is 0 Å². The molecule has 0 aromatic carbocycles. The first-order valence-electron chi connectivity index (χ1n) is 5.50. The van der Waals surface area contributed by atoms with E-state index in [4.69, 9.17) is 4.74 Å². The Morgan fingerprint density at radius 1 is 1.27 bits per heavy atom. The van der Waals surface area contributed by atoms with Crippen LogP contribution in [0.3, 0.4) is 0 Å². The first-order chi connectivity index (χ1) is 6.99. The Bertz CT molecular complexity index is 173. The van der Waals surface area contributed by atoms with Gasteiger partial charge in [-0.05, 0) is 27.7 Å². The fourth-order valence-corrected chi connectivity index (χ4v) is 1.62. The molecule has 0 fully saturated rings. The van der Waals surface area contributed by atoms with Gasteiger partial charge in [-0.15, -0.1) is 0 Å². The maximum absolute atomic E-state index is 11.1. The maximum atomic E-state index is 11.1. The van der Waals surface area contributed by atoms with Gasteiger partial charge in [0.1, 0.15) is 6.61 Å². The van der Waals surface area contributed by atoms with Gasteiger partial charge in [-0.3, -0.25) is 9.69 Å². The molecule has 1 amide bonds. The van der Waals surface area contributed by atoms with Gasteiger partial charge >= 0.3 is 0 Å². The minimum atomic E-state index is -0.0510. The quantitative estimate of drug-likeness (QED) is 0.686. The SMILES string of the molecule is COCC(=O)NCCN(C(C)C)C(C)C. The largest absolute Gasteiger partial charge is 0.375 e. The first-order valence-corrected chi connectivity index (χ1v) is 5.50. The predicted octanol–water partition coefficient (Wildman–Crippen LogP) is 0.868. The van der Waals surface area contributed by atoms with Crippen LogP contribution in [0, 0.1) is 0 Å². The molecule has 1 N–H and O–H groups in total. The highest BCUT2D eigenvalue weighted by atomic mass is 16.5. The summed E-state index contributed by atoms with van der Waals surface area (Å²) in [5.74, 6) is -0.0510. The van der Waals surface area contributed by atoms with Gasteiger partial charge < -0.3 is 10.1 Å². The Morgan fingerprint density at radius 3 is 2.20 bits per heavy atom. The summed E-state index contributed by atoms with van der Waals surface area (Å²) in [6, 6.07) is 1.01. The standard InChI is InChI=1S/C11H24N2O2/c1-9(2)13(10(3)4)7-6-12-11(14)8-15-5/h9-10H,6-8H2,1-5H3,(H,12,14). The maximum Gasteiger partial charge on any atom is 0.246 e. The minimum Gasteiger partial charge on any atom is -0.375 e. The molecule has 0 aliphatic heterocycles. The third kappa shape index (κ3) is 6.47. The number of carbonyl (C=O) groups excluding carboxylic acids is 1. The second-order valence-corrected chi connectivity index (χ2v) is 4.21. The van der Waals surface area contributed by atoms with E-state index < -0.39 is 0 Å². The number of hydrogen-bond donors (Lipinski definition) is 1. The number of amides is 1. The van der Waals surface area contributed by atoms with E-state index in [9.17, 15) is 4.79 Å². The van der Waals surface area contributed by atoms with Crippen LogP contribution in [0.15, 0.2) is 0 Å². The Kier molecular flexibility index (Phi) is 7.34. The third-order valence-corrected chi connectivity index (χ3v) is 2.29. The van der Waals surface area contributed by atoms with Gasteiger partial charge in [0, 0.05) is 32.3 Å². The van der Waals surface area contributed by atoms with E-state index in [0.717, 1.165) is 6.54 Å². The summed E-state index contributed by atoms with van der Waals surface area (Å²) < 4.78 is 4.73. The minimum absolute atomic E-state index is 0.0510. The Labute approximate surface area is 93.0 Å². The van der Waals surface area contributed by atoms with E-state index in [1.807, 2.05) is 0 Å². The van der Waals surface area contributed by atoms with E-state index in [2.05, 4.69) is 37.9 Å². The van der Waals surface area contributed by atoms with Crippen molar-refractivity contribution in [3.8, 4) is 0 Å².